The number of rotatable bonds is 2. The van der Waals surface area contributed by atoms with Crippen LogP contribution in [0.25, 0.3) is 16.8 Å². The van der Waals surface area contributed by atoms with Crippen molar-refractivity contribution in [2.75, 3.05) is 5.73 Å². The Morgan fingerprint density at radius 1 is 1.30 bits per heavy atom. The van der Waals surface area contributed by atoms with Gasteiger partial charge < -0.3 is 5.73 Å². The van der Waals surface area contributed by atoms with Gasteiger partial charge in [-0.05, 0) is 13.8 Å². The molecule has 0 saturated carbocycles. The highest BCUT2D eigenvalue weighted by molar-refractivity contribution is 6.00. The molecule has 7 heteroatoms. The molecule has 3 aromatic heterocycles. The number of fused-ring (bicyclic) bond motifs is 1. The van der Waals surface area contributed by atoms with Crippen LogP contribution in [0.5, 0.6) is 0 Å². The van der Waals surface area contributed by atoms with Gasteiger partial charge in [0, 0.05) is 24.4 Å². The number of carbonyl (C=O) groups is 1. The smallest absolute Gasteiger partial charge is 0.168 e. The van der Waals surface area contributed by atoms with Gasteiger partial charge in [0.05, 0.1) is 23.7 Å². The summed E-state index contributed by atoms with van der Waals surface area (Å²) in [7, 11) is 1.84. The summed E-state index contributed by atoms with van der Waals surface area (Å²) < 4.78 is 3.19. The van der Waals surface area contributed by atoms with Crippen LogP contribution >= 0.6 is 0 Å². The average Bonchev–Trinajstić information content (AvgIpc) is 2.96. The summed E-state index contributed by atoms with van der Waals surface area (Å²) in [5.74, 6) is 0.369. The molecular weight excluding hydrogens is 256 g/mol. The topological polar surface area (TPSA) is 91.1 Å². The van der Waals surface area contributed by atoms with Crippen LogP contribution in [0.1, 0.15) is 23.0 Å². The first-order valence-corrected chi connectivity index (χ1v) is 6.13. The zero-order chi connectivity index (χ0) is 14.4. The first kappa shape index (κ1) is 12.3. The summed E-state index contributed by atoms with van der Waals surface area (Å²) in [5.41, 5.74) is 9.54. The number of carbonyl (C=O) groups excluding carboxylic acids is 1. The Morgan fingerprint density at radius 3 is 2.65 bits per heavy atom. The molecule has 7 nitrogen and oxygen atoms in total. The lowest BCUT2D eigenvalue weighted by Gasteiger charge is -2.09. The van der Waals surface area contributed by atoms with Crippen molar-refractivity contribution >= 4 is 17.2 Å². The van der Waals surface area contributed by atoms with E-state index < -0.39 is 0 Å². The van der Waals surface area contributed by atoms with Crippen LogP contribution in [-0.4, -0.2) is 30.2 Å². The van der Waals surface area contributed by atoms with E-state index in [4.69, 9.17) is 5.73 Å². The third kappa shape index (κ3) is 1.67. The second-order valence-corrected chi connectivity index (χ2v) is 4.71. The van der Waals surface area contributed by atoms with E-state index in [0.29, 0.717) is 17.0 Å². The fraction of sp³-hybridized carbons (Fsp3) is 0.231. The number of Topliss-reactive ketones (excluding diaryl/α,β-unsaturated/α-hetero) is 1. The SMILES string of the molecule is CC(=O)c1cnn2c(N)c(-c3cnn(C)c3)c(C)nc12. The molecule has 0 amide bonds. The third-order valence-corrected chi connectivity index (χ3v) is 3.24. The maximum absolute atomic E-state index is 11.6. The Morgan fingerprint density at radius 2 is 2.05 bits per heavy atom. The fourth-order valence-electron chi connectivity index (χ4n) is 2.29. The van der Waals surface area contributed by atoms with Crippen molar-refractivity contribution in [1.82, 2.24) is 24.4 Å². The van der Waals surface area contributed by atoms with E-state index >= 15 is 0 Å². The molecule has 102 valence electrons. The van der Waals surface area contributed by atoms with Gasteiger partial charge in [-0.15, -0.1) is 0 Å². The van der Waals surface area contributed by atoms with Gasteiger partial charge in [0.25, 0.3) is 0 Å². The molecule has 0 fully saturated rings. The zero-order valence-corrected chi connectivity index (χ0v) is 11.5. The van der Waals surface area contributed by atoms with Gasteiger partial charge >= 0.3 is 0 Å². The maximum atomic E-state index is 11.6. The third-order valence-electron chi connectivity index (χ3n) is 3.24. The van der Waals surface area contributed by atoms with Crippen molar-refractivity contribution in [3.05, 3.63) is 29.8 Å². The van der Waals surface area contributed by atoms with E-state index in [1.165, 1.54) is 17.6 Å². The van der Waals surface area contributed by atoms with Crippen molar-refractivity contribution in [2.45, 2.75) is 13.8 Å². The Kier molecular flexibility index (Phi) is 2.56. The monoisotopic (exact) mass is 270 g/mol. The van der Waals surface area contributed by atoms with Crippen molar-refractivity contribution in [2.24, 2.45) is 7.05 Å². The Bertz CT molecular complexity index is 829. The van der Waals surface area contributed by atoms with E-state index in [9.17, 15) is 4.79 Å². The number of aryl methyl sites for hydroxylation is 2. The number of ketones is 1. The van der Waals surface area contributed by atoms with Crippen LogP contribution in [-0.2, 0) is 7.05 Å². The molecule has 0 unspecified atom stereocenters. The van der Waals surface area contributed by atoms with Crippen LogP contribution in [0.4, 0.5) is 5.82 Å². The molecule has 20 heavy (non-hydrogen) atoms. The van der Waals surface area contributed by atoms with Crippen LogP contribution in [0.2, 0.25) is 0 Å². The number of anilines is 1. The Balaban J connectivity index is 2.33. The molecule has 0 radical (unpaired) electrons. The predicted molar refractivity (Wildman–Crippen MR) is 74.3 cm³/mol. The van der Waals surface area contributed by atoms with Gasteiger partial charge in [0.1, 0.15) is 5.82 Å². The number of nitrogens with zero attached hydrogens (tertiary/aromatic N) is 5. The van der Waals surface area contributed by atoms with Gasteiger partial charge in [-0.1, -0.05) is 0 Å². The summed E-state index contributed by atoms with van der Waals surface area (Å²) in [6, 6.07) is 0. The van der Waals surface area contributed by atoms with Gasteiger partial charge in [-0.25, -0.2) is 4.98 Å². The summed E-state index contributed by atoms with van der Waals surface area (Å²) >= 11 is 0. The largest absolute Gasteiger partial charge is 0.383 e. The lowest BCUT2D eigenvalue weighted by Crippen LogP contribution is -2.06. The molecule has 0 aliphatic carbocycles. The molecule has 0 bridgehead atoms. The summed E-state index contributed by atoms with van der Waals surface area (Å²) in [6.07, 6.45) is 5.08. The molecule has 0 atom stereocenters. The number of nitrogens with two attached hydrogens (primary N) is 1. The molecule has 0 aliphatic heterocycles. The quantitative estimate of drug-likeness (QED) is 0.707. The lowest BCUT2D eigenvalue weighted by atomic mass is 10.1. The van der Waals surface area contributed by atoms with Crippen molar-refractivity contribution in [3.63, 3.8) is 0 Å². The summed E-state index contributed by atoms with van der Waals surface area (Å²) in [4.78, 5) is 16.0. The summed E-state index contributed by atoms with van der Waals surface area (Å²) in [6.45, 7) is 3.34. The van der Waals surface area contributed by atoms with E-state index in [1.54, 1.807) is 10.9 Å². The summed E-state index contributed by atoms with van der Waals surface area (Å²) in [5, 5.41) is 8.29. The molecule has 0 spiro atoms. The molecule has 0 saturated heterocycles. The molecule has 3 rings (SSSR count). The molecule has 2 N–H and O–H groups in total. The number of aromatic nitrogens is 5. The maximum Gasteiger partial charge on any atom is 0.168 e. The minimum absolute atomic E-state index is 0.0829. The molecular formula is C13H14N6O. The minimum atomic E-state index is -0.0829. The second-order valence-electron chi connectivity index (χ2n) is 4.71. The number of nitrogen functional groups attached to an aromatic ring is 1. The van der Waals surface area contributed by atoms with Gasteiger partial charge in [0.15, 0.2) is 11.4 Å². The van der Waals surface area contributed by atoms with E-state index in [0.717, 1.165) is 16.8 Å². The van der Waals surface area contributed by atoms with E-state index in [2.05, 4.69) is 15.2 Å². The highest BCUT2D eigenvalue weighted by Crippen LogP contribution is 2.29. The van der Waals surface area contributed by atoms with Crippen molar-refractivity contribution in [3.8, 4) is 11.1 Å². The van der Waals surface area contributed by atoms with Crippen molar-refractivity contribution in [1.29, 1.82) is 0 Å². The second kappa shape index (κ2) is 4.16. The van der Waals surface area contributed by atoms with Gasteiger partial charge in [-0.3, -0.25) is 9.48 Å². The first-order valence-electron chi connectivity index (χ1n) is 6.13. The minimum Gasteiger partial charge on any atom is -0.383 e. The average molecular weight is 270 g/mol. The Hall–Kier alpha value is -2.70. The first-order chi connectivity index (χ1) is 9.49. The van der Waals surface area contributed by atoms with Crippen LogP contribution in [0.15, 0.2) is 18.6 Å². The molecule has 3 aromatic rings. The fourth-order valence-corrected chi connectivity index (χ4v) is 2.29. The zero-order valence-electron chi connectivity index (χ0n) is 11.5. The van der Waals surface area contributed by atoms with Gasteiger partial charge in [0.2, 0.25) is 0 Å². The predicted octanol–water partition coefficient (Wildman–Crippen LogP) is 1.22. The Labute approximate surface area is 115 Å². The van der Waals surface area contributed by atoms with Crippen molar-refractivity contribution < 1.29 is 4.79 Å². The highest BCUT2D eigenvalue weighted by atomic mass is 16.1. The number of hydrogen-bond acceptors (Lipinski definition) is 5. The molecule has 0 aliphatic rings. The standard InChI is InChI=1S/C13H14N6O/c1-7-11(9-4-15-18(3)6-9)12(14)19-13(17-7)10(5-16-19)8(2)20/h4-6H,14H2,1-3H3. The molecule has 3 heterocycles. The normalized spacial score (nSPS) is 11.2. The highest BCUT2D eigenvalue weighted by Gasteiger charge is 2.18. The van der Waals surface area contributed by atoms with Gasteiger partial charge in [-0.2, -0.15) is 14.7 Å². The molecule has 0 aromatic carbocycles. The van der Waals surface area contributed by atoms with Crippen LogP contribution < -0.4 is 5.73 Å². The van der Waals surface area contributed by atoms with Crippen LogP contribution in [0, 0.1) is 6.92 Å². The van der Waals surface area contributed by atoms with Crippen LogP contribution in [0.3, 0.4) is 0 Å². The van der Waals surface area contributed by atoms with E-state index in [-0.39, 0.29) is 5.78 Å². The lowest BCUT2D eigenvalue weighted by molar-refractivity contribution is 0.101. The van der Waals surface area contributed by atoms with E-state index in [1.807, 2.05) is 20.2 Å². The number of hydrogen-bond donors (Lipinski definition) is 1.